The first-order valence-corrected chi connectivity index (χ1v) is 52.1. The van der Waals surface area contributed by atoms with Crippen LogP contribution in [0.3, 0.4) is 0 Å². The van der Waals surface area contributed by atoms with Gasteiger partial charge in [0.1, 0.15) is 0 Å². The minimum Gasteiger partial charge on any atom is -0.310 e. The van der Waals surface area contributed by atoms with Crippen molar-refractivity contribution in [2.24, 2.45) is 0 Å². The highest BCUT2D eigenvalue weighted by Crippen LogP contribution is 2.56. The summed E-state index contributed by atoms with van der Waals surface area (Å²) in [5.41, 5.74) is 48.8. The topological polar surface area (TPSA) is 6.48 Å². The lowest BCUT2D eigenvalue weighted by molar-refractivity contribution is 0.444. The SMILES string of the molecule is CC(C)(C)c1cc(-c2ccc(N(c3ccc4c(c3)C(C)(C)c3ccccc3-4)c3ccccc3-c3cccc(C4CCCCC4)c3)cc2)cc(-c2cc(-c3cc(C(C)(C)C)cc(C(C)(C)C)c3)cc(C(C)(C)C)c2)c1.CC(C)(C)c1ccc(N(c2ccc(-c3cc(-c4cc(-c5cc(C(C)(C)C)cc(C(C)(C)C)c5)cc(C(C)(C)C)c4)cc(C(C)(C)C)c3)cc2)c2ccc3c(c2)C(C)(C)c2ccccc2-3)cc1. The molecule has 0 spiro atoms. The molecule has 0 radical (unpaired) electrons. The van der Waals surface area contributed by atoms with Crippen LogP contribution in [0.4, 0.5) is 34.1 Å². The molecule has 1 fully saturated rings. The van der Waals surface area contributed by atoms with Crippen LogP contribution in [0, 0.1) is 0 Å². The van der Waals surface area contributed by atoms with E-state index in [0.29, 0.717) is 5.92 Å². The second-order valence-corrected chi connectivity index (χ2v) is 51.6. The summed E-state index contributed by atoms with van der Waals surface area (Å²) in [7, 11) is 0. The fourth-order valence-corrected chi connectivity index (χ4v) is 21.5. The molecule has 718 valence electrons. The summed E-state index contributed by atoms with van der Waals surface area (Å²) in [6.45, 7) is 72.5. The van der Waals surface area contributed by atoms with Gasteiger partial charge in [-0.15, -0.1) is 0 Å². The smallest absolute Gasteiger partial charge is 0.0540 e. The summed E-state index contributed by atoms with van der Waals surface area (Å²) < 4.78 is 0. The molecular formula is C138H156N2. The molecule has 140 heavy (non-hydrogen) atoms. The first-order chi connectivity index (χ1) is 65.5. The quantitative estimate of drug-likeness (QED) is 0.107. The zero-order chi connectivity index (χ0) is 100. The fraction of sp³-hybridized carbons (Fsp3) is 0.348. The molecule has 0 saturated heterocycles. The summed E-state index contributed by atoms with van der Waals surface area (Å²) >= 11 is 0. The van der Waals surface area contributed by atoms with Crippen molar-refractivity contribution < 1.29 is 0 Å². The zero-order valence-corrected chi connectivity index (χ0v) is 90.5. The number of hydrogen-bond acceptors (Lipinski definition) is 2. The number of anilines is 6. The zero-order valence-electron chi connectivity index (χ0n) is 90.5. The van der Waals surface area contributed by atoms with Crippen LogP contribution in [0.15, 0.2) is 315 Å². The molecule has 0 heterocycles. The van der Waals surface area contributed by atoms with Gasteiger partial charge >= 0.3 is 0 Å². The maximum Gasteiger partial charge on any atom is 0.0540 e. The first kappa shape index (κ1) is 99.5. The normalized spacial score (nSPS) is 14.5. The van der Waals surface area contributed by atoms with Gasteiger partial charge in [-0.3, -0.25) is 0 Å². The van der Waals surface area contributed by atoms with Crippen LogP contribution in [-0.4, -0.2) is 0 Å². The summed E-state index contributed by atoms with van der Waals surface area (Å²) in [6.07, 6.45) is 6.58. The van der Waals surface area contributed by atoms with Gasteiger partial charge in [0.25, 0.3) is 0 Å². The van der Waals surface area contributed by atoms with E-state index in [-0.39, 0.29) is 59.6 Å². The molecule has 0 N–H and O–H groups in total. The third-order valence-electron chi connectivity index (χ3n) is 30.8. The number of fused-ring (bicyclic) bond motifs is 6. The lowest BCUT2D eigenvalue weighted by Gasteiger charge is -2.30. The highest BCUT2D eigenvalue weighted by molar-refractivity contribution is 5.93. The van der Waals surface area contributed by atoms with Crippen molar-refractivity contribution in [3.05, 3.63) is 393 Å². The van der Waals surface area contributed by atoms with Crippen molar-refractivity contribution in [3.8, 4) is 100 Å². The molecule has 0 amide bonds. The number of para-hydroxylation sites is 1. The molecule has 0 bridgehead atoms. The maximum absolute atomic E-state index is 2.52. The molecule has 1 saturated carbocycles. The van der Waals surface area contributed by atoms with Crippen molar-refractivity contribution in [2.75, 3.05) is 9.80 Å². The monoisotopic (exact) mass is 1840 g/mol. The summed E-state index contributed by atoms with van der Waals surface area (Å²) in [4.78, 5) is 4.95. The first-order valence-electron chi connectivity index (χ1n) is 52.1. The Morgan fingerprint density at radius 3 is 0.786 bits per heavy atom. The van der Waals surface area contributed by atoms with E-state index in [0.717, 1.165) is 17.1 Å². The van der Waals surface area contributed by atoms with Crippen LogP contribution in [-0.2, 0) is 59.6 Å². The molecular weight excluding hydrogens is 1690 g/mol. The Hall–Kier alpha value is -12.1. The van der Waals surface area contributed by atoms with E-state index in [9.17, 15) is 0 Å². The van der Waals surface area contributed by atoms with Crippen LogP contribution in [0.2, 0.25) is 0 Å². The molecule has 2 heteroatoms. The summed E-state index contributed by atoms with van der Waals surface area (Å²) in [5, 5.41) is 0. The van der Waals surface area contributed by atoms with Crippen molar-refractivity contribution in [2.45, 2.75) is 312 Å². The Morgan fingerprint density at radius 2 is 0.450 bits per heavy atom. The van der Waals surface area contributed by atoms with Gasteiger partial charge in [0.2, 0.25) is 0 Å². The van der Waals surface area contributed by atoms with E-state index in [1.807, 2.05) is 0 Å². The van der Waals surface area contributed by atoms with E-state index in [1.165, 1.54) is 227 Å². The van der Waals surface area contributed by atoms with Gasteiger partial charge in [0.15, 0.2) is 0 Å². The summed E-state index contributed by atoms with van der Waals surface area (Å²) in [6, 6.07) is 122. The Labute approximate surface area is 843 Å². The minimum absolute atomic E-state index is 0.0249. The molecule has 0 aliphatic heterocycles. The van der Waals surface area contributed by atoms with E-state index in [1.54, 1.807) is 0 Å². The van der Waals surface area contributed by atoms with E-state index < -0.39 is 0 Å². The second-order valence-electron chi connectivity index (χ2n) is 51.6. The molecule has 3 aliphatic carbocycles. The largest absolute Gasteiger partial charge is 0.310 e. The molecule has 0 atom stereocenters. The van der Waals surface area contributed by atoms with Gasteiger partial charge < -0.3 is 9.80 Å². The van der Waals surface area contributed by atoms with Crippen LogP contribution in [0.1, 0.15) is 331 Å². The lowest BCUT2D eigenvalue weighted by Crippen LogP contribution is -2.17. The van der Waals surface area contributed by atoms with Crippen molar-refractivity contribution in [3.63, 3.8) is 0 Å². The summed E-state index contributed by atoms with van der Waals surface area (Å²) in [5.74, 6) is 0.633. The minimum atomic E-state index is -0.125. The highest BCUT2D eigenvalue weighted by atomic mass is 15.1. The van der Waals surface area contributed by atoms with Crippen LogP contribution >= 0.6 is 0 Å². The molecule has 2 nitrogen and oxygen atoms in total. The molecule has 15 aromatic rings. The number of benzene rings is 15. The van der Waals surface area contributed by atoms with Gasteiger partial charge in [-0.1, -0.05) is 458 Å². The third kappa shape index (κ3) is 20.6. The van der Waals surface area contributed by atoms with Crippen molar-refractivity contribution in [1.29, 1.82) is 0 Å². The average Bonchev–Trinajstić information content (AvgIpc) is 1.76. The van der Waals surface area contributed by atoms with Crippen LogP contribution in [0.25, 0.3) is 100 Å². The molecule has 0 unspecified atom stereocenters. The Bertz CT molecular complexity index is 7070. The van der Waals surface area contributed by atoms with Crippen molar-refractivity contribution >= 4 is 34.1 Å². The van der Waals surface area contributed by atoms with Crippen LogP contribution < -0.4 is 9.80 Å². The third-order valence-corrected chi connectivity index (χ3v) is 30.8. The van der Waals surface area contributed by atoms with Gasteiger partial charge in [0, 0.05) is 44.8 Å². The van der Waals surface area contributed by atoms with Crippen LogP contribution in [0.5, 0.6) is 0 Å². The predicted octanol–water partition coefficient (Wildman–Crippen LogP) is 40.3. The van der Waals surface area contributed by atoms with E-state index in [4.69, 9.17) is 0 Å². The number of rotatable bonds is 14. The lowest BCUT2D eigenvalue weighted by atomic mass is 9.77. The maximum atomic E-state index is 2.52. The molecule has 0 aromatic heterocycles. The van der Waals surface area contributed by atoms with Gasteiger partial charge in [-0.05, 0) is 331 Å². The van der Waals surface area contributed by atoms with Gasteiger partial charge in [-0.2, -0.15) is 0 Å². The molecule has 3 aliphatic rings. The number of hydrogen-bond donors (Lipinski definition) is 0. The Morgan fingerprint density at radius 1 is 0.186 bits per heavy atom. The Balaban J connectivity index is 0.000000194. The highest BCUT2D eigenvalue weighted by Gasteiger charge is 2.39. The average molecular weight is 1840 g/mol. The molecule has 18 rings (SSSR count). The van der Waals surface area contributed by atoms with E-state index >= 15 is 0 Å². The standard InChI is InChI=1S/C73H81N.C65H75N/c1-69(2,3)57-40-52(38-53(41-57)54-39-55(43-58(42-54)70(4,5)6)56-44-59(71(7,8)9)46-60(45-56)72(10,11)12)49-31-33-61(34-32-49)74(62-35-36-65-64-28-18-20-29-66(64)73(13,14)67(65)47-62)68-30-21-19-27-63(68)51-26-22-25-50(37-51)48-23-16-15-17-24-48;1-60(2,3)48-24-28-54(29-25-48)66(55-30-31-57-56-20-18-19-21-58(56)65(16,17)59(57)41-55)53-26-22-42(23-27-53)43-32-44(35-49(34-43)61(4,5)6)45-33-46(37-50(36-45)62(7,8)9)47-38-51(63(10,11)12)40-52(39-47)64(13,14)15/h18-22,25-48H,15-17,23-24H2,1-14H3;18-41H,1-17H3. The molecule has 15 aromatic carbocycles. The van der Waals surface area contributed by atoms with Gasteiger partial charge in [-0.25, -0.2) is 0 Å². The predicted molar refractivity (Wildman–Crippen MR) is 610 cm³/mol. The Kier molecular flexibility index (Phi) is 26.1. The fourth-order valence-electron chi connectivity index (χ4n) is 21.5. The number of nitrogens with zero attached hydrogens (tertiary/aromatic N) is 2. The van der Waals surface area contributed by atoms with E-state index in [2.05, 4.69) is 540 Å². The van der Waals surface area contributed by atoms with Gasteiger partial charge in [0.05, 0.1) is 5.69 Å². The van der Waals surface area contributed by atoms with Crippen molar-refractivity contribution in [1.82, 2.24) is 0 Å². The second kappa shape index (κ2) is 36.8.